The van der Waals surface area contributed by atoms with Crippen LogP contribution in [0, 0.1) is 11.3 Å². The summed E-state index contributed by atoms with van der Waals surface area (Å²) in [5, 5.41) is 14.8. The van der Waals surface area contributed by atoms with Crippen molar-refractivity contribution in [3.05, 3.63) is 72.2 Å². The number of anilines is 4. The topological polar surface area (TPSA) is 93.9 Å². The van der Waals surface area contributed by atoms with Crippen LogP contribution >= 0.6 is 0 Å². The fourth-order valence-electron chi connectivity index (χ4n) is 2.87. The molecule has 29 heavy (non-hydrogen) atoms. The molecule has 2 aromatic carbocycles. The van der Waals surface area contributed by atoms with Crippen LogP contribution < -0.4 is 15.5 Å². The van der Waals surface area contributed by atoms with E-state index < -0.39 is 0 Å². The third-order valence-corrected chi connectivity index (χ3v) is 4.44. The highest BCUT2D eigenvalue weighted by Crippen LogP contribution is 2.19. The summed E-state index contributed by atoms with van der Waals surface area (Å²) in [7, 11) is 0. The van der Waals surface area contributed by atoms with Gasteiger partial charge in [0.15, 0.2) is 0 Å². The first kappa shape index (κ1) is 19.8. The largest absolute Gasteiger partial charge is 0.372 e. The first-order chi connectivity index (χ1) is 14.1. The van der Waals surface area contributed by atoms with Gasteiger partial charge in [-0.15, -0.1) is 0 Å². The first-order valence-corrected chi connectivity index (χ1v) is 9.38. The zero-order valence-electron chi connectivity index (χ0n) is 16.4. The molecule has 1 heterocycles. The van der Waals surface area contributed by atoms with Gasteiger partial charge in [0.25, 0.3) is 5.91 Å². The van der Waals surface area contributed by atoms with E-state index in [1.165, 1.54) is 6.33 Å². The van der Waals surface area contributed by atoms with Gasteiger partial charge in [-0.2, -0.15) is 5.26 Å². The molecule has 3 aromatic rings. The summed E-state index contributed by atoms with van der Waals surface area (Å²) in [6, 6.07) is 18.3. The SMILES string of the molecule is CCN(CC)c1ccc(NC(=O)c2cc(Nc3ccc(C#N)cc3)ncn2)cc1. The molecule has 0 fully saturated rings. The number of amides is 1. The maximum atomic E-state index is 12.6. The Morgan fingerprint density at radius 2 is 1.66 bits per heavy atom. The monoisotopic (exact) mass is 386 g/mol. The Kier molecular flexibility index (Phi) is 6.38. The van der Waals surface area contributed by atoms with Crippen molar-refractivity contribution in [2.45, 2.75) is 13.8 Å². The maximum Gasteiger partial charge on any atom is 0.274 e. The molecule has 7 nitrogen and oxygen atoms in total. The Labute approximate surface area is 170 Å². The minimum absolute atomic E-state index is 0.254. The van der Waals surface area contributed by atoms with E-state index in [0.717, 1.165) is 24.5 Å². The van der Waals surface area contributed by atoms with E-state index in [1.54, 1.807) is 30.3 Å². The smallest absolute Gasteiger partial charge is 0.274 e. The lowest BCUT2D eigenvalue weighted by molar-refractivity contribution is 0.102. The standard InChI is InChI=1S/C22H22N6O/c1-3-28(4-2)19-11-9-18(10-12-19)27-22(29)20-13-21(25-15-24-20)26-17-7-5-16(14-23)6-8-17/h5-13,15H,3-4H2,1-2H3,(H,27,29)(H,24,25,26). The molecule has 0 aliphatic heterocycles. The molecule has 0 aliphatic carbocycles. The minimum atomic E-state index is -0.314. The number of carbonyl (C=O) groups excluding carboxylic acids is 1. The maximum absolute atomic E-state index is 12.6. The number of nitrogens with one attached hydrogen (secondary N) is 2. The van der Waals surface area contributed by atoms with E-state index in [4.69, 9.17) is 5.26 Å². The van der Waals surface area contributed by atoms with E-state index in [9.17, 15) is 4.79 Å². The number of nitriles is 1. The molecule has 1 aromatic heterocycles. The highest BCUT2D eigenvalue weighted by molar-refractivity contribution is 6.03. The molecule has 0 unspecified atom stereocenters. The number of carbonyl (C=O) groups is 1. The fraction of sp³-hybridized carbons (Fsp3) is 0.182. The summed E-state index contributed by atoms with van der Waals surface area (Å²) in [5.74, 6) is 0.178. The predicted octanol–water partition coefficient (Wildman–Crippen LogP) is 4.19. The Bertz CT molecular complexity index is 1000. The third-order valence-electron chi connectivity index (χ3n) is 4.44. The minimum Gasteiger partial charge on any atom is -0.372 e. The Hall–Kier alpha value is -3.92. The van der Waals surface area contributed by atoms with Crippen molar-refractivity contribution in [1.29, 1.82) is 5.26 Å². The van der Waals surface area contributed by atoms with Crippen LogP contribution in [-0.4, -0.2) is 29.0 Å². The van der Waals surface area contributed by atoms with Gasteiger partial charge < -0.3 is 15.5 Å². The molecule has 3 rings (SSSR count). The summed E-state index contributed by atoms with van der Waals surface area (Å²) in [5.41, 5.74) is 3.41. The van der Waals surface area contributed by atoms with Crippen LogP contribution in [0.15, 0.2) is 60.9 Å². The number of rotatable bonds is 7. The lowest BCUT2D eigenvalue weighted by Crippen LogP contribution is -2.21. The van der Waals surface area contributed by atoms with Gasteiger partial charge in [0.05, 0.1) is 11.6 Å². The van der Waals surface area contributed by atoms with Gasteiger partial charge >= 0.3 is 0 Å². The van der Waals surface area contributed by atoms with E-state index in [-0.39, 0.29) is 11.6 Å². The van der Waals surface area contributed by atoms with Crippen LogP contribution in [0.1, 0.15) is 29.9 Å². The average Bonchev–Trinajstić information content (AvgIpc) is 2.76. The van der Waals surface area contributed by atoms with Gasteiger partial charge in [-0.25, -0.2) is 9.97 Å². The zero-order valence-corrected chi connectivity index (χ0v) is 16.4. The zero-order chi connectivity index (χ0) is 20.6. The molecule has 0 saturated heterocycles. The molecule has 0 radical (unpaired) electrons. The predicted molar refractivity (Wildman–Crippen MR) is 114 cm³/mol. The molecule has 7 heteroatoms. The molecule has 0 spiro atoms. The van der Waals surface area contributed by atoms with Crippen molar-refractivity contribution >= 4 is 28.8 Å². The summed E-state index contributed by atoms with van der Waals surface area (Å²) in [4.78, 5) is 23.0. The third kappa shape index (κ3) is 5.08. The van der Waals surface area contributed by atoms with Crippen LogP contribution in [0.4, 0.5) is 22.9 Å². The van der Waals surface area contributed by atoms with E-state index in [1.807, 2.05) is 24.3 Å². The Morgan fingerprint density at radius 1 is 1.00 bits per heavy atom. The number of hydrogen-bond acceptors (Lipinski definition) is 6. The van der Waals surface area contributed by atoms with Crippen molar-refractivity contribution in [2.75, 3.05) is 28.6 Å². The molecule has 0 saturated carbocycles. The summed E-state index contributed by atoms with van der Waals surface area (Å²) >= 11 is 0. The quantitative estimate of drug-likeness (QED) is 0.632. The molecule has 1 amide bonds. The second kappa shape index (κ2) is 9.33. The van der Waals surface area contributed by atoms with Crippen molar-refractivity contribution in [3.63, 3.8) is 0 Å². The fourth-order valence-corrected chi connectivity index (χ4v) is 2.87. The van der Waals surface area contributed by atoms with Gasteiger partial charge in [0, 0.05) is 36.2 Å². The molecular weight excluding hydrogens is 364 g/mol. The number of benzene rings is 2. The van der Waals surface area contributed by atoms with Crippen LogP contribution in [0.2, 0.25) is 0 Å². The van der Waals surface area contributed by atoms with Crippen molar-refractivity contribution in [2.24, 2.45) is 0 Å². The normalized spacial score (nSPS) is 10.1. The Morgan fingerprint density at radius 3 is 2.28 bits per heavy atom. The number of nitrogens with zero attached hydrogens (tertiary/aromatic N) is 4. The van der Waals surface area contributed by atoms with Crippen LogP contribution in [0.25, 0.3) is 0 Å². The van der Waals surface area contributed by atoms with Crippen molar-refractivity contribution in [3.8, 4) is 6.07 Å². The average molecular weight is 386 g/mol. The molecule has 0 atom stereocenters. The van der Waals surface area contributed by atoms with Crippen molar-refractivity contribution < 1.29 is 4.79 Å². The van der Waals surface area contributed by atoms with Crippen LogP contribution in [0.3, 0.4) is 0 Å². The van der Waals surface area contributed by atoms with Gasteiger partial charge in [0.1, 0.15) is 17.8 Å². The van der Waals surface area contributed by atoms with E-state index in [0.29, 0.717) is 17.1 Å². The summed E-state index contributed by atoms with van der Waals surface area (Å²) in [6.45, 7) is 6.08. The number of aromatic nitrogens is 2. The lowest BCUT2D eigenvalue weighted by Gasteiger charge is -2.21. The first-order valence-electron chi connectivity index (χ1n) is 9.38. The molecule has 146 valence electrons. The molecular formula is C22H22N6O. The highest BCUT2D eigenvalue weighted by Gasteiger charge is 2.10. The van der Waals surface area contributed by atoms with Gasteiger partial charge in [0.2, 0.25) is 0 Å². The van der Waals surface area contributed by atoms with Gasteiger partial charge in [-0.1, -0.05) is 0 Å². The highest BCUT2D eigenvalue weighted by atomic mass is 16.1. The number of hydrogen-bond donors (Lipinski definition) is 2. The Balaban J connectivity index is 1.68. The molecule has 0 aliphatic rings. The second-order valence-corrected chi connectivity index (χ2v) is 6.28. The summed E-state index contributed by atoms with van der Waals surface area (Å²) < 4.78 is 0. The van der Waals surface area contributed by atoms with Crippen LogP contribution in [-0.2, 0) is 0 Å². The van der Waals surface area contributed by atoms with Gasteiger partial charge in [-0.05, 0) is 62.4 Å². The van der Waals surface area contributed by atoms with Crippen molar-refractivity contribution in [1.82, 2.24) is 9.97 Å². The summed E-state index contributed by atoms with van der Waals surface area (Å²) in [6.07, 6.45) is 1.34. The van der Waals surface area contributed by atoms with Crippen LogP contribution in [0.5, 0.6) is 0 Å². The van der Waals surface area contributed by atoms with E-state index in [2.05, 4.69) is 45.4 Å². The van der Waals surface area contributed by atoms with Gasteiger partial charge in [-0.3, -0.25) is 4.79 Å². The molecule has 2 N–H and O–H groups in total. The molecule has 0 bridgehead atoms. The second-order valence-electron chi connectivity index (χ2n) is 6.28. The van der Waals surface area contributed by atoms with E-state index >= 15 is 0 Å². The lowest BCUT2D eigenvalue weighted by atomic mass is 10.2.